The molecule has 2 aromatic carbocycles. The molecule has 0 bridgehead atoms. The lowest BCUT2D eigenvalue weighted by Gasteiger charge is -2.45. The smallest absolute Gasteiger partial charge is 0.410 e. The number of ether oxygens (including phenoxy) is 2. The average molecular weight is 353 g/mol. The van der Waals surface area contributed by atoms with Crippen LogP contribution in [-0.2, 0) is 11.3 Å². The summed E-state index contributed by atoms with van der Waals surface area (Å²) in [6.45, 7) is 1.43. The molecule has 0 unspecified atom stereocenters. The molecule has 1 fully saturated rings. The van der Waals surface area contributed by atoms with Crippen LogP contribution in [0.3, 0.4) is 0 Å². The van der Waals surface area contributed by atoms with Crippen LogP contribution in [0.15, 0.2) is 54.6 Å². The van der Waals surface area contributed by atoms with Crippen molar-refractivity contribution in [3.63, 3.8) is 0 Å². The van der Waals surface area contributed by atoms with Gasteiger partial charge in [-0.1, -0.05) is 48.5 Å². The van der Waals surface area contributed by atoms with Gasteiger partial charge in [-0.2, -0.15) is 0 Å². The van der Waals surface area contributed by atoms with E-state index in [1.54, 1.807) is 4.90 Å². The maximum absolute atomic E-state index is 12.3. The first kappa shape index (κ1) is 16.9. The Bertz CT molecular complexity index is 769. The van der Waals surface area contributed by atoms with Crippen LogP contribution in [0, 0.1) is 0 Å². The maximum Gasteiger partial charge on any atom is 0.410 e. The Morgan fingerprint density at radius 1 is 1.12 bits per heavy atom. The molecule has 136 valence electrons. The summed E-state index contributed by atoms with van der Waals surface area (Å²) >= 11 is 0. The quantitative estimate of drug-likeness (QED) is 0.895. The Morgan fingerprint density at radius 3 is 2.58 bits per heavy atom. The summed E-state index contributed by atoms with van der Waals surface area (Å²) < 4.78 is 11.7. The molecule has 1 atom stereocenters. The van der Waals surface area contributed by atoms with E-state index < -0.39 is 11.7 Å². The minimum atomic E-state index is -0.517. The number of fused-ring (bicyclic) bond motifs is 1. The van der Waals surface area contributed by atoms with Crippen molar-refractivity contribution < 1.29 is 19.4 Å². The van der Waals surface area contributed by atoms with Gasteiger partial charge in [0.1, 0.15) is 18.0 Å². The highest BCUT2D eigenvalue weighted by Crippen LogP contribution is 2.44. The molecule has 1 saturated heterocycles. The van der Waals surface area contributed by atoms with Crippen LogP contribution in [-0.4, -0.2) is 34.8 Å². The Balaban J connectivity index is 1.35. The number of carbonyl (C=O) groups excluding carboxylic acids is 1. The maximum atomic E-state index is 12.3. The van der Waals surface area contributed by atoms with Gasteiger partial charge in [-0.05, 0) is 11.6 Å². The molecule has 5 heteroatoms. The fraction of sp³-hybridized carbons (Fsp3) is 0.381. The molecule has 0 aromatic heterocycles. The Kier molecular flexibility index (Phi) is 4.55. The van der Waals surface area contributed by atoms with E-state index in [2.05, 4.69) is 0 Å². The molecular weight excluding hydrogens is 330 g/mol. The first-order valence-electron chi connectivity index (χ1n) is 9.07. The zero-order chi connectivity index (χ0) is 18.0. The Morgan fingerprint density at radius 2 is 1.81 bits per heavy atom. The second-order valence-electron chi connectivity index (χ2n) is 7.07. The Labute approximate surface area is 153 Å². The summed E-state index contributed by atoms with van der Waals surface area (Å²) in [5.41, 5.74) is 1.43. The van der Waals surface area contributed by atoms with Crippen molar-refractivity contribution in [2.75, 3.05) is 13.1 Å². The van der Waals surface area contributed by atoms with E-state index in [4.69, 9.17) is 9.47 Å². The fourth-order valence-electron chi connectivity index (χ4n) is 3.80. The van der Waals surface area contributed by atoms with Crippen molar-refractivity contribution in [2.45, 2.75) is 37.6 Å². The van der Waals surface area contributed by atoms with Crippen LogP contribution >= 0.6 is 0 Å². The molecule has 1 spiro atoms. The molecule has 5 nitrogen and oxygen atoms in total. The standard InChI is InChI=1S/C21H23NO4/c23-18-14-21(26-19-9-5-4-8-17(18)19)10-12-22(13-11-21)20(24)25-15-16-6-2-1-3-7-16/h1-9,18,23H,10-15H2/t18-/m1/s1. The van der Waals surface area contributed by atoms with Gasteiger partial charge in [0.15, 0.2) is 0 Å². The summed E-state index contributed by atoms with van der Waals surface area (Å²) in [5, 5.41) is 10.5. The molecule has 2 aromatic rings. The summed E-state index contributed by atoms with van der Waals surface area (Å²) in [5.74, 6) is 0.756. The van der Waals surface area contributed by atoms with E-state index in [0.29, 0.717) is 32.4 Å². The molecule has 0 radical (unpaired) electrons. The van der Waals surface area contributed by atoms with Gasteiger partial charge in [-0.3, -0.25) is 0 Å². The van der Waals surface area contributed by atoms with Crippen molar-refractivity contribution in [3.8, 4) is 5.75 Å². The van der Waals surface area contributed by atoms with Crippen LogP contribution < -0.4 is 4.74 Å². The van der Waals surface area contributed by atoms with E-state index in [0.717, 1.165) is 16.9 Å². The zero-order valence-corrected chi connectivity index (χ0v) is 14.6. The number of benzene rings is 2. The molecule has 26 heavy (non-hydrogen) atoms. The number of nitrogens with zero attached hydrogens (tertiary/aromatic N) is 1. The van der Waals surface area contributed by atoms with Gasteiger partial charge in [-0.15, -0.1) is 0 Å². The van der Waals surface area contributed by atoms with E-state index in [1.165, 1.54) is 0 Å². The molecule has 2 heterocycles. The van der Waals surface area contributed by atoms with Crippen molar-refractivity contribution >= 4 is 6.09 Å². The van der Waals surface area contributed by atoms with E-state index in [-0.39, 0.29) is 12.7 Å². The molecule has 0 aliphatic carbocycles. The molecule has 4 rings (SSSR count). The lowest BCUT2D eigenvalue weighted by Crippen LogP contribution is -2.51. The largest absolute Gasteiger partial charge is 0.487 e. The lowest BCUT2D eigenvalue weighted by molar-refractivity contribution is -0.0523. The second-order valence-corrected chi connectivity index (χ2v) is 7.07. The van der Waals surface area contributed by atoms with Crippen LogP contribution in [0.25, 0.3) is 0 Å². The summed E-state index contributed by atoms with van der Waals surface area (Å²) in [4.78, 5) is 14.0. The first-order chi connectivity index (χ1) is 12.7. The number of amides is 1. The normalized spacial score (nSPS) is 21.0. The zero-order valence-electron chi connectivity index (χ0n) is 14.6. The van der Waals surface area contributed by atoms with E-state index >= 15 is 0 Å². The highest BCUT2D eigenvalue weighted by molar-refractivity contribution is 5.67. The number of para-hydroxylation sites is 1. The lowest BCUT2D eigenvalue weighted by atomic mass is 9.82. The third-order valence-corrected chi connectivity index (χ3v) is 5.31. The SMILES string of the molecule is O=C(OCc1ccccc1)N1CCC2(CC1)C[C@@H](O)c1ccccc1O2. The Hall–Kier alpha value is -2.53. The van der Waals surface area contributed by atoms with Gasteiger partial charge < -0.3 is 19.5 Å². The molecule has 2 aliphatic rings. The van der Waals surface area contributed by atoms with Gasteiger partial charge in [0.2, 0.25) is 0 Å². The van der Waals surface area contributed by atoms with Crippen LogP contribution in [0.5, 0.6) is 5.75 Å². The highest BCUT2D eigenvalue weighted by atomic mass is 16.6. The number of aliphatic hydroxyl groups is 1. The minimum Gasteiger partial charge on any atom is -0.487 e. The van der Waals surface area contributed by atoms with Gasteiger partial charge in [0.25, 0.3) is 0 Å². The molecule has 0 saturated carbocycles. The number of hydrogen-bond donors (Lipinski definition) is 1. The van der Waals surface area contributed by atoms with Gasteiger partial charge >= 0.3 is 6.09 Å². The highest BCUT2D eigenvalue weighted by Gasteiger charge is 2.43. The first-order valence-corrected chi connectivity index (χ1v) is 9.07. The third-order valence-electron chi connectivity index (χ3n) is 5.31. The number of likely N-dealkylation sites (tertiary alicyclic amines) is 1. The molecule has 1 N–H and O–H groups in total. The number of rotatable bonds is 2. The predicted molar refractivity (Wildman–Crippen MR) is 96.8 cm³/mol. The summed E-state index contributed by atoms with van der Waals surface area (Å²) in [6, 6.07) is 17.3. The monoisotopic (exact) mass is 353 g/mol. The minimum absolute atomic E-state index is 0.282. The van der Waals surface area contributed by atoms with E-state index in [9.17, 15) is 9.90 Å². The number of hydrogen-bond acceptors (Lipinski definition) is 4. The topological polar surface area (TPSA) is 59.0 Å². The third kappa shape index (κ3) is 3.40. The number of piperidine rings is 1. The van der Waals surface area contributed by atoms with Gasteiger partial charge in [0.05, 0.1) is 6.10 Å². The van der Waals surface area contributed by atoms with Crippen LogP contribution in [0.2, 0.25) is 0 Å². The van der Waals surface area contributed by atoms with Crippen molar-refractivity contribution in [1.29, 1.82) is 0 Å². The predicted octanol–water partition coefficient (Wildman–Crippen LogP) is 3.67. The van der Waals surface area contributed by atoms with Gasteiger partial charge in [-0.25, -0.2) is 4.79 Å². The fourth-order valence-corrected chi connectivity index (χ4v) is 3.80. The van der Waals surface area contributed by atoms with Crippen LogP contribution in [0.4, 0.5) is 4.79 Å². The van der Waals surface area contributed by atoms with Crippen molar-refractivity contribution in [2.24, 2.45) is 0 Å². The molecule has 2 aliphatic heterocycles. The summed E-state index contributed by atoms with van der Waals surface area (Å²) in [7, 11) is 0. The second kappa shape index (κ2) is 7.00. The van der Waals surface area contributed by atoms with E-state index in [1.807, 2.05) is 54.6 Å². The molecular formula is C21H23NO4. The van der Waals surface area contributed by atoms with Crippen molar-refractivity contribution in [3.05, 3.63) is 65.7 Å². The number of aliphatic hydroxyl groups excluding tert-OH is 1. The summed E-state index contributed by atoms with van der Waals surface area (Å²) in [6.07, 6.45) is 1.14. The van der Waals surface area contributed by atoms with Crippen LogP contribution in [0.1, 0.15) is 36.5 Å². The number of carbonyl (C=O) groups is 1. The molecule has 1 amide bonds. The van der Waals surface area contributed by atoms with Gasteiger partial charge in [0, 0.05) is 37.9 Å². The average Bonchev–Trinajstić information content (AvgIpc) is 2.67. The van der Waals surface area contributed by atoms with Crippen molar-refractivity contribution in [1.82, 2.24) is 4.90 Å².